The topological polar surface area (TPSA) is 17.1 Å². The number of hydrogen-bond acceptors (Lipinski definition) is 1. The molecule has 0 aliphatic heterocycles. The highest BCUT2D eigenvalue weighted by Crippen LogP contribution is 2.45. The van der Waals surface area contributed by atoms with Crippen molar-refractivity contribution in [3.8, 4) is 0 Å². The lowest BCUT2D eigenvalue weighted by Crippen LogP contribution is -2.31. The SMILES string of the molecule is CC1=CC[C@@]2(CCCCC2=O)C1. The summed E-state index contributed by atoms with van der Waals surface area (Å²) < 4.78 is 0. The fourth-order valence-electron chi connectivity index (χ4n) is 2.60. The highest BCUT2D eigenvalue weighted by atomic mass is 16.1. The Morgan fingerprint density at radius 2 is 2.25 bits per heavy atom. The molecule has 0 radical (unpaired) electrons. The number of carbonyl (C=O) groups is 1. The van der Waals surface area contributed by atoms with Gasteiger partial charge in [-0.2, -0.15) is 0 Å². The van der Waals surface area contributed by atoms with Crippen molar-refractivity contribution in [2.24, 2.45) is 5.41 Å². The van der Waals surface area contributed by atoms with E-state index < -0.39 is 0 Å². The van der Waals surface area contributed by atoms with Crippen LogP contribution in [-0.4, -0.2) is 5.78 Å². The molecule has 1 heteroatoms. The first-order chi connectivity index (χ1) is 5.73. The zero-order valence-corrected chi connectivity index (χ0v) is 7.73. The van der Waals surface area contributed by atoms with Crippen molar-refractivity contribution in [1.82, 2.24) is 0 Å². The Balaban J connectivity index is 2.15. The summed E-state index contributed by atoms with van der Waals surface area (Å²) in [5.41, 5.74) is 1.49. The van der Waals surface area contributed by atoms with E-state index in [1.54, 1.807) is 0 Å². The fourth-order valence-corrected chi connectivity index (χ4v) is 2.60. The largest absolute Gasteiger partial charge is 0.299 e. The molecule has 0 N–H and O–H groups in total. The quantitative estimate of drug-likeness (QED) is 0.503. The van der Waals surface area contributed by atoms with Crippen molar-refractivity contribution in [2.45, 2.75) is 45.4 Å². The molecule has 1 saturated carbocycles. The molecule has 1 spiro atoms. The summed E-state index contributed by atoms with van der Waals surface area (Å²) in [7, 11) is 0. The van der Waals surface area contributed by atoms with Crippen LogP contribution in [-0.2, 0) is 4.79 Å². The van der Waals surface area contributed by atoms with E-state index in [1.165, 1.54) is 12.0 Å². The number of Topliss-reactive ketones (excluding diaryl/α,β-unsaturated/α-hetero) is 1. The van der Waals surface area contributed by atoms with Gasteiger partial charge in [0.25, 0.3) is 0 Å². The van der Waals surface area contributed by atoms with Crippen molar-refractivity contribution in [2.75, 3.05) is 0 Å². The summed E-state index contributed by atoms with van der Waals surface area (Å²) in [5, 5.41) is 0. The molecule has 0 aromatic rings. The molecule has 1 nitrogen and oxygen atoms in total. The number of allylic oxidation sites excluding steroid dienone is 2. The summed E-state index contributed by atoms with van der Waals surface area (Å²) in [4.78, 5) is 11.7. The van der Waals surface area contributed by atoms with E-state index in [1.807, 2.05) is 0 Å². The molecule has 1 atom stereocenters. The van der Waals surface area contributed by atoms with E-state index in [0.29, 0.717) is 5.78 Å². The zero-order chi connectivity index (χ0) is 8.60. The maximum absolute atomic E-state index is 11.7. The summed E-state index contributed by atoms with van der Waals surface area (Å²) in [6.45, 7) is 2.15. The van der Waals surface area contributed by atoms with Crippen LogP contribution in [0.1, 0.15) is 45.4 Å². The maximum atomic E-state index is 11.7. The molecule has 0 heterocycles. The fraction of sp³-hybridized carbons (Fsp3) is 0.727. The molecule has 66 valence electrons. The van der Waals surface area contributed by atoms with E-state index in [2.05, 4.69) is 13.0 Å². The number of ketones is 1. The summed E-state index contributed by atoms with van der Waals surface area (Å²) in [6, 6.07) is 0. The molecule has 0 amide bonds. The second kappa shape index (κ2) is 2.72. The molecule has 2 rings (SSSR count). The van der Waals surface area contributed by atoms with Gasteiger partial charge in [0.1, 0.15) is 5.78 Å². The third-order valence-electron chi connectivity index (χ3n) is 3.36. The van der Waals surface area contributed by atoms with Crippen molar-refractivity contribution in [3.63, 3.8) is 0 Å². The summed E-state index contributed by atoms with van der Waals surface area (Å²) in [6.07, 6.45) is 8.68. The van der Waals surface area contributed by atoms with Crippen molar-refractivity contribution >= 4 is 5.78 Å². The van der Waals surface area contributed by atoms with Crippen molar-refractivity contribution < 1.29 is 4.79 Å². The van der Waals surface area contributed by atoms with Gasteiger partial charge in [0, 0.05) is 11.8 Å². The van der Waals surface area contributed by atoms with E-state index >= 15 is 0 Å². The Hall–Kier alpha value is -0.590. The predicted octanol–water partition coefficient (Wildman–Crippen LogP) is 2.86. The molecule has 0 unspecified atom stereocenters. The van der Waals surface area contributed by atoms with Crippen LogP contribution in [0.4, 0.5) is 0 Å². The lowest BCUT2D eigenvalue weighted by Gasteiger charge is -2.31. The molecule has 1 fully saturated rings. The van der Waals surface area contributed by atoms with Gasteiger partial charge in [-0.1, -0.05) is 18.1 Å². The van der Waals surface area contributed by atoms with Gasteiger partial charge >= 0.3 is 0 Å². The van der Waals surface area contributed by atoms with E-state index in [9.17, 15) is 4.79 Å². The minimum atomic E-state index is 0.0718. The van der Waals surface area contributed by atoms with Crippen LogP contribution in [0.15, 0.2) is 11.6 Å². The van der Waals surface area contributed by atoms with Crippen molar-refractivity contribution in [1.29, 1.82) is 0 Å². The van der Waals surface area contributed by atoms with E-state index in [0.717, 1.165) is 32.1 Å². The molecular weight excluding hydrogens is 148 g/mol. The molecular formula is C11H16O. The Bertz CT molecular complexity index is 239. The van der Waals surface area contributed by atoms with Crippen molar-refractivity contribution in [3.05, 3.63) is 11.6 Å². The Morgan fingerprint density at radius 3 is 2.83 bits per heavy atom. The van der Waals surface area contributed by atoms with Crippen LogP contribution in [0.5, 0.6) is 0 Å². The molecule has 0 saturated heterocycles. The first-order valence-corrected chi connectivity index (χ1v) is 4.92. The average Bonchev–Trinajstić information content (AvgIpc) is 2.41. The lowest BCUT2D eigenvalue weighted by molar-refractivity contribution is -0.130. The predicted molar refractivity (Wildman–Crippen MR) is 48.9 cm³/mol. The molecule has 12 heavy (non-hydrogen) atoms. The first-order valence-electron chi connectivity index (χ1n) is 4.92. The van der Waals surface area contributed by atoms with Gasteiger partial charge in [0.05, 0.1) is 0 Å². The van der Waals surface area contributed by atoms with Gasteiger partial charge in [0.15, 0.2) is 0 Å². The van der Waals surface area contributed by atoms with Crippen LogP contribution >= 0.6 is 0 Å². The highest BCUT2D eigenvalue weighted by molar-refractivity contribution is 5.86. The normalized spacial score (nSPS) is 35.8. The maximum Gasteiger partial charge on any atom is 0.139 e. The minimum Gasteiger partial charge on any atom is -0.299 e. The van der Waals surface area contributed by atoms with Gasteiger partial charge < -0.3 is 0 Å². The number of hydrogen-bond donors (Lipinski definition) is 0. The van der Waals surface area contributed by atoms with Gasteiger partial charge in [-0.05, 0) is 32.6 Å². The second-order valence-corrected chi connectivity index (χ2v) is 4.34. The monoisotopic (exact) mass is 164 g/mol. The molecule has 2 aliphatic rings. The Labute approximate surface area is 73.8 Å². The van der Waals surface area contributed by atoms with E-state index in [4.69, 9.17) is 0 Å². The van der Waals surface area contributed by atoms with Crippen LogP contribution < -0.4 is 0 Å². The number of rotatable bonds is 0. The van der Waals surface area contributed by atoms with Gasteiger partial charge in [-0.3, -0.25) is 4.79 Å². The second-order valence-electron chi connectivity index (χ2n) is 4.34. The molecule has 2 aliphatic carbocycles. The summed E-state index contributed by atoms with van der Waals surface area (Å²) in [5.74, 6) is 0.529. The summed E-state index contributed by atoms with van der Waals surface area (Å²) >= 11 is 0. The minimum absolute atomic E-state index is 0.0718. The van der Waals surface area contributed by atoms with E-state index in [-0.39, 0.29) is 5.41 Å². The smallest absolute Gasteiger partial charge is 0.139 e. The number of carbonyl (C=O) groups excluding carboxylic acids is 1. The third-order valence-corrected chi connectivity index (χ3v) is 3.36. The van der Waals surface area contributed by atoms with Gasteiger partial charge in [0.2, 0.25) is 0 Å². The highest BCUT2D eigenvalue weighted by Gasteiger charge is 2.41. The molecule has 0 bridgehead atoms. The average molecular weight is 164 g/mol. The van der Waals surface area contributed by atoms with Crippen LogP contribution in [0.25, 0.3) is 0 Å². The standard InChI is InChI=1S/C11H16O/c1-9-5-7-11(8-9)6-3-2-4-10(11)12/h5H,2-4,6-8H2,1H3/t11-/m0/s1. The van der Waals surface area contributed by atoms with Crippen LogP contribution in [0, 0.1) is 5.41 Å². The van der Waals surface area contributed by atoms with Crippen LogP contribution in [0.2, 0.25) is 0 Å². The molecule has 0 aromatic heterocycles. The molecule has 0 aromatic carbocycles. The third kappa shape index (κ3) is 1.12. The Morgan fingerprint density at radius 1 is 1.42 bits per heavy atom. The van der Waals surface area contributed by atoms with Gasteiger partial charge in [-0.25, -0.2) is 0 Å². The lowest BCUT2D eigenvalue weighted by atomic mass is 9.71. The Kier molecular flexibility index (Phi) is 1.82. The first kappa shape index (κ1) is 8.03. The van der Waals surface area contributed by atoms with Gasteiger partial charge in [-0.15, -0.1) is 0 Å². The van der Waals surface area contributed by atoms with Crippen LogP contribution in [0.3, 0.4) is 0 Å². The zero-order valence-electron chi connectivity index (χ0n) is 7.73.